The molecule has 2 heterocycles. The van der Waals surface area contributed by atoms with Gasteiger partial charge in [0.15, 0.2) is 0 Å². The van der Waals surface area contributed by atoms with Crippen LogP contribution in [0.15, 0.2) is 15.4 Å². The monoisotopic (exact) mass is 264 g/mol. The average Bonchev–Trinajstić information content (AvgIpc) is 3.00. The van der Waals surface area contributed by atoms with E-state index in [2.05, 4.69) is 22.0 Å². The van der Waals surface area contributed by atoms with Crippen molar-refractivity contribution in [3.63, 3.8) is 0 Å². The van der Waals surface area contributed by atoms with Gasteiger partial charge in [-0.15, -0.1) is 11.3 Å². The molecule has 1 aliphatic carbocycles. The van der Waals surface area contributed by atoms with E-state index in [1.807, 2.05) is 5.38 Å². The van der Waals surface area contributed by atoms with Crippen LogP contribution in [0.5, 0.6) is 0 Å². The number of nitrogens with zero attached hydrogens (tertiary/aromatic N) is 3. The van der Waals surface area contributed by atoms with Crippen molar-refractivity contribution in [3.05, 3.63) is 16.8 Å². The molecule has 0 amide bonds. The minimum absolute atomic E-state index is 0.459. The van der Waals surface area contributed by atoms with Gasteiger partial charge in [-0.2, -0.15) is 4.98 Å². The Bertz CT molecular complexity index is 524. The molecule has 1 saturated carbocycles. The summed E-state index contributed by atoms with van der Waals surface area (Å²) in [6, 6.07) is 0. The Morgan fingerprint density at radius 2 is 2.44 bits per heavy atom. The van der Waals surface area contributed by atoms with Gasteiger partial charge in [-0.05, 0) is 18.8 Å². The van der Waals surface area contributed by atoms with Gasteiger partial charge in [0.2, 0.25) is 11.7 Å². The fraction of sp³-hybridized carbons (Fsp3) is 0.583. The highest BCUT2D eigenvalue weighted by molar-refractivity contribution is 7.07. The summed E-state index contributed by atoms with van der Waals surface area (Å²) in [6.07, 6.45) is 4.17. The lowest BCUT2D eigenvalue weighted by atomic mass is 9.77. The maximum Gasteiger partial charge on any atom is 0.247 e. The van der Waals surface area contributed by atoms with E-state index in [-0.39, 0.29) is 0 Å². The number of nitrogens with two attached hydrogens (primary N) is 1. The van der Waals surface area contributed by atoms with Crippen LogP contribution in [0.1, 0.15) is 38.5 Å². The van der Waals surface area contributed by atoms with Gasteiger partial charge in [0, 0.05) is 5.38 Å². The summed E-state index contributed by atoms with van der Waals surface area (Å²) >= 11 is 1.51. The summed E-state index contributed by atoms with van der Waals surface area (Å²) in [7, 11) is 0. The summed E-state index contributed by atoms with van der Waals surface area (Å²) in [5, 5.41) is 5.89. The van der Waals surface area contributed by atoms with Gasteiger partial charge in [0.05, 0.1) is 11.0 Å². The summed E-state index contributed by atoms with van der Waals surface area (Å²) in [5.41, 5.74) is 8.47. The molecule has 2 aromatic rings. The number of hydrogen-bond acceptors (Lipinski definition) is 6. The highest BCUT2D eigenvalue weighted by Crippen LogP contribution is 2.37. The van der Waals surface area contributed by atoms with Crippen LogP contribution >= 0.6 is 11.3 Å². The van der Waals surface area contributed by atoms with Crippen molar-refractivity contribution in [1.82, 2.24) is 15.1 Å². The predicted octanol–water partition coefficient (Wildman–Crippen LogP) is 2.56. The van der Waals surface area contributed by atoms with E-state index in [0.717, 1.165) is 25.0 Å². The molecule has 2 atom stereocenters. The molecule has 0 radical (unpaired) electrons. The number of rotatable bonds is 2. The van der Waals surface area contributed by atoms with Gasteiger partial charge >= 0.3 is 0 Å². The number of hydrogen-bond donors (Lipinski definition) is 1. The minimum atomic E-state index is -0.459. The van der Waals surface area contributed by atoms with Crippen molar-refractivity contribution in [3.8, 4) is 11.5 Å². The smallest absolute Gasteiger partial charge is 0.247 e. The number of thiazole rings is 1. The summed E-state index contributed by atoms with van der Waals surface area (Å²) in [5.74, 6) is 1.70. The highest BCUT2D eigenvalue weighted by atomic mass is 32.1. The maximum absolute atomic E-state index is 6.42. The highest BCUT2D eigenvalue weighted by Gasteiger charge is 2.37. The fourth-order valence-corrected chi connectivity index (χ4v) is 3.17. The molecule has 0 aliphatic heterocycles. The van der Waals surface area contributed by atoms with E-state index in [1.54, 1.807) is 5.51 Å². The molecule has 0 saturated heterocycles. The van der Waals surface area contributed by atoms with E-state index in [9.17, 15) is 0 Å². The Kier molecular flexibility index (Phi) is 2.91. The maximum atomic E-state index is 6.42. The molecular formula is C12H16N4OS. The van der Waals surface area contributed by atoms with Crippen LogP contribution in [0, 0.1) is 5.92 Å². The first-order valence-corrected chi connectivity index (χ1v) is 7.13. The number of aromatic nitrogens is 3. The third-order valence-corrected chi connectivity index (χ3v) is 4.13. The Labute approximate surface area is 109 Å². The van der Waals surface area contributed by atoms with Crippen LogP contribution in [0.25, 0.3) is 11.5 Å². The molecule has 0 aromatic carbocycles. The van der Waals surface area contributed by atoms with Crippen LogP contribution in [0.4, 0.5) is 0 Å². The van der Waals surface area contributed by atoms with Crippen LogP contribution in [-0.4, -0.2) is 15.1 Å². The molecule has 1 fully saturated rings. The Morgan fingerprint density at radius 1 is 1.56 bits per heavy atom. The minimum Gasteiger partial charge on any atom is -0.337 e. The first-order chi connectivity index (χ1) is 8.67. The fourth-order valence-electron chi connectivity index (χ4n) is 2.64. The van der Waals surface area contributed by atoms with Gasteiger partial charge in [-0.1, -0.05) is 24.9 Å². The molecule has 0 spiro atoms. The molecule has 18 heavy (non-hydrogen) atoms. The molecular weight excluding hydrogens is 248 g/mol. The second-order valence-electron chi connectivity index (χ2n) is 5.15. The van der Waals surface area contributed by atoms with Gasteiger partial charge in [-0.3, -0.25) is 0 Å². The molecule has 5 nitrogen and oxygen atoms in total. The lowest BCUT2D eigenvalue weighted by Gasteiger charge is -2.33. The molecule has 1 aliphatic rings. The molecule has 2 aromatic heterocycles. The van der Waals surface area contributed by atoms with E-state index >= 15 is 0 Å². The normalized spacial score (nSPS) is 28.4. The zero-order valence-electron chi connectivity index (χ0n) is 10.3. The van der Waals surface area contributed by atoms with E-state index in [1.165, 1.54) is 17.8 Å². The Hall–Kier alpha value is -1.27. The Morgan fingerprint density at radius 3 is 3.17 bits per heavy atom. The predicted molar refractivity (Wildman–Crippen MR) is 68.9 cm³/mol. The molecule has 96 valence electrons. The lowest BCUT2D eigenvalue weighted by Crippen LogP contribution is -2.41. The topological polar surface area (TPSA) is 77.8 Å². The molecule has 3 rings (SSSR count). The van der Waals surface area contributed by atoms with Gasteiger partial charge in [-0.25, -0.2) is 4.98 Å². The van der Waals surface area contributed by atoms with Crippen LogP contribution in [-0.2, 0) is 5.54 Å². The third-order valence-electron chi connectivity index (χ3n) is 3.55. The molecule has 2 unspecified atom stereocenters. The quantitative estimate of drug-likeness (QED) is 0.901. The molecule has 6 heteroatoms. The summed E-state index contributed by atoms with van der Waals surface area (Å²) in [6.45, 7) is 2.22. The first-order valence-electron chi connectivity index (χ1n) is 6.19. The molecule has 2 N–H and O–H groups in total. The van der Waals surface area contributed by atoms with Crippen molar-refractivity contribution in [2.24, 2.45) is 11.7 Å². The van der Waals surface area contributed by atoms with E-state index in [4.69, 9.17) is 10.3 Å². The zero-order chi connectivity index (χ0) is 12.6. The van der Waals surface area contributed by atoms with Crippen molar-refractivity contribution < 1.29 is 4.52 Å². The standard InChI is InChI=1S/C12H16N4OS/c1-8-3-2-4-12(13,5-8)11-15-10(16-17-11)9-6-18-7-14-9/h6-8H,2-5,13H2,1H3. The van der Waals surface area contributed by atoms with Crippen molar-refractivity contribution in [2.75, 3.05) is 0 Å². The summed E-state index contributed by atoms with van der Waals surface area (Å²) < 4.78 is 5.36. The SMILES string of the molecule is CC1CCCC(N)(c2nc(-c3cscn3)no2)C1. The second kappa shape index (κ2) is 4.44. The second-order valence-corrected chi connectivity index (χ2v) is 5.87. The first kappa shape index (κ1) is 11.8. The third kappa shape index (κ3) is 2.06. The van der Waals surface area contributed by atoms with Crippen molar-refractivity contribution in [1.29, 1.82) is 0 Å². The van der Waals surface area contributed by atoms with E-state index in [0.29, 0.717) is 17.6 Å². The van der Waals surface area contributed by atoms with Gasteiger partial charge in [0.1, 0.15) is 5.69 Å². The van der Waals surface area contributed by atoms with E-state index < -0.39 is 5.54 Å². The average molecular weight is 264 g/mol. The van der Waals surface area contributed by atoms with Crippen LogP contribution in [0.3, 0.4) is 0 Å². The Balaban J connectivity index is 1.88. The largest absolute Gasteiger partial charge is 0.337 e. The van der Waals surface area contributed by atoms with Gasteiger partial charge < -0.3 is 10.3 Å². The summed E-state index contributed by atoms with van der Waals surface area (Å²) in [4.78, 5) is 8.60. The van der Waals surface area contributed by atoms with Crippen LogP contribution < -0.4 is 5.73 Å². The lowest BCUT2D eigenvalue weighted by molar-refractivity contribution is 0.183. The van der Waals surface area contributed by atoms with Crippen molar-refractivity contribution in [2.45, 2.75) is 38.1 Å². The van der Waals surface area contributed by atoms with Crippen LogP contribution in [0.2, 0.25) is 0 Å². The van der Waals surface area contributed by atoms with Gasteiger partial charge in [0.25, 0.3) is 0 Å². The van der Waals surface area contributed by atoms with Crippen molar-refractivity contribution >= 4 is 11.3 Å². The zero-order valence-corrected chi connectivity index (χ0v) is 11.1. The molecule has 0 bridgehead atoms.